The van der Waals surface area contributed by atoms with E-state index in [-0.39, 0.29) is 18.2 Å². The van der Waals surface area contributed by atoms with Gasteiger partial charge in [-0.05, 0) is 24.1 Å². The summed E-state index contributed by atoms with van der Waals surface area (Å²) in [6.45, 7) is 0. The molecule has 1 aliphatic rings. The van der Waals surface area contributed by atoms with Crippen molar-refractivity contribution >= 4 is 29.4 Å². The van der Waals surface area contributed by atoms with Crippen LogP contribution in [0.4, 0.5) is 0 Å². The Hall–Kier alpha value is -2.08. The fourth-order valence-electron chi connectivity index (χ4n) is 2.32. The molecule has 22 heavy (non-hydrogen) atoms. The molecule has 1 aromatic rings. The van der Waals surface area contributed by atoms with Crippen LogP contribution in [-0.2, 0) is 25.5 Å². The summed E-state index contributed by atoms with van der Waals surface area (Å²) < 4.78 is 4.73. The van der Waals surface area contributed by atoms with Gasteiger partial charge in [0.05, 0.1) is 7.11 Å². The van der Waals surface area contributed by atoms with Gasteiger partial charge in [-0.3, -0.25) is 9.59 Å². The van der Waals surface area contributed by atoms with Gasteiger partial charge < -0.3 is 15.4 Å². The quantitative estimate of drug-likeness (QED) is 0.785. The molecule has 6 nitrogen and oxygen atoms in total. The van der Waals surface area contributed by atoms with Gasteiger partial charge in [-0.25, -0.2) is 4.79 Å². The molecule has 0 saturated carbocycles. The van der Waals surface area contributed by atoms with Crippen LogP contribution in [0.25, 0.3) is 0 Å². The molecular formula is C15H17ClN2O4. The van der Waals surface area contributed by atoms with E-state index in [4.69, 9.17) is 16.3 Å². The van der Waals surface area contributed by atoms with Gasteiger partial charge in [-0.2, -0.15) is 0 Å². The monoisotopic (exact) mass is 324 g/mol. The van der Waals surface area contributed by atoms with Crippen molar-refractivity contribution in [1.82, 2.24) is 10.6 Å². The lowest BCUT2D eigenvalue weighted by Gasteiger charge is -2.19. The van der Waals surface area contributed by atoms with Gasteiger partial charge in [0, 0.05) is 17.9 Å². The van der Waals surface area contributed by atoms with Crippen molar-refractivity contribution in [2.24, 2.45) is 0 Å². The number of halogens is 1. The Morgan fingerprint density at radius 3 is 2.86 bits per heavy atom. The topological polar surface area (TPSA) is 84.5 Å². The Morgan fingerprint density at radius 2 is 2.27 bits per heavy atom. The predicted molar refractivity (Wildman–Crippen MR) is 80.3 cm³/mol. The second-order valence-electron chi connectivity index (χ2n) is 5.08. The normalized spacial score (nSPS) is 18.5. The molecule has 2 N–H and O–H groups in total. The second-order valence-corrected chi connectivity index (χ2v) is 5.51. The number of nitrogens with one attached hydrogen (secondary N) is 2. The van der Waals surface area contributed by atoms with E-state index in [0.717, 1.165) is 5.56 Å². The number of benzene rings is 1. The minimum atomic E-state index is -0.825. The first-order valence-corrected chi connectivity index (χ1v) is 7.29. The maximum atomic E-state index is 12.1. The molecule has 0 spiro atoms. The largest absolute Gasteiger partial charge is 0.467 e. The molecule has 0 aliphatic carbocycles. The zero-order valence-electron chi connectivity index (χ0n) is 12.1. The van der Waals surface area contributed by atoms with E-state index in [1.807, 2.05) is 6.07 Å². The molecule has 2 amide bonds. The average molecular weight is 325 g/mol. The lowest BCUT2D eigenvalue weighted by atomic mass is 10.1. The van der Waals surface area contributed by atoms with Crippen LogP contribution in [-0.4, -0.2) is 37.0 Å². The predicted octanol–water partition coefficient (Wildman–Crippen LogP) is 0.819. The van der Waals surface area contributed by atoms with Gasteiger partial charge in [0.15, 0.2) is 0 Å². The van der Waals surface area contributed by atoms with E-state index >= 15 is 0 Å². The molecule has 1 fully saturated rings. The van der Waals surface area contributed by atoms with Crippen LogP contribution < -0.4 is 10.6 Å². The summed E-state index contributed by atoms with van der Waals surface area (Å²) in [6, 6.07) is 5.61. The molecule has 7 heteroatoms. The van der Waals surface area contributed by atoms with Crippen molar-refractivity contribution in [2.45, 2.75) is 31.3 Å². The maximum Gasteiger partial charge on any atom is 0.328 e. The first kappa shape index (κ1) is 16.3. The number of rotatable bonds is 5. The third kappa shape index (κ3) is 4.21. The molecule has 2 atom stereocenters. The third-order valence-corrected chi connectivity index (χ3v) is 3.68. The number of amides is 2. The van der Waals surface area contributed by atoms with Gasteiger partial charge in [0.25, 0.3) is 0 Å². The van der Waals surface area contributed by atoms with E-state index in [1.165, 1.54) is 7.11 Å². The van der Waals surface area contributed by atoms with Crippen LogP contribution in [0, 0.1) is 0 Å². The van der Waals surface area contributed by atoms with Crippen molar-refractivity contribution in [2.75, 3.05) is 7.11 Å². The molecule has 0 unspecified atom stereocenters. The highest BCUT2D eigenvalue weighted by Crippen LogP contribution is 2.13. The number of carbonyl (C=O) groups is 3. The lowest BCUT2D eigenvalue weighted by Crippen LogP contribution is -2.49. The van der Waals surface area contributed by atoms with Crippen LogP contribution in [0.2, 0.25) is 5.02 Å². The number of carbonyl (C=O) groups excluding carboxylic acids is 3. The Labute approximate surface area is 133 Å². The maximum absolute atomic E-state index is 12.1. The summed E-state index contributed by atoms with van der Waals surface area (Å²) in [7, 11) is 1.26. The molecule has 0 radical (unpaired) electrons. The Balaban J connectivity index is 2.04. The Bertz CT molecular complexity index is 591. The summed E-state index contributed by atoms with van der Waals surface area (Å²) in [5.41, 5.74) is 0.804. The van der Waals surface area contributed by atoms with Gasteiger partial charge in [-0.1, -0.05) is 23.7 Å². The molecule has 0 bridgehead atoms. The lowest BCUT2D eigenvalue weighted by molar-refractivity contribution is -0.145. The van der Waals surface area contributed by atoms with Crippen molar-refractivity contribution in [3.63, 3.8) is 0 Å². The highest BCUT2D eigenvalue weighted by molar-refractivity contribution is 6.30. The standard InChI is InChI=1S/C15H17ClN2O4/c1-22-15(21)12(8-9-3-2-4-10(16)7-9)18-14(20)11-5-6-13(19)17-11/h2-4,7,11-12H,5-6,8H2,1H3,(H,17,19)(H,18,20)/t11-,12+/m0/s1. The first-order valence-electron chi connectivity index (χ1n) is 6.91. The summed E-state index contributed by atoms with van der Waals surface area (Å²) in [5.74, 6) is -1.09. The van der Waals surface area contributed by atoms with Gasteiger partial charge >= 0.3 is 5.97 Å². The van der Waals surface area contributed by atoms with Crippen molar-refractivity contribution in [3.8, 4) is 0 Å². The summed E-state index contributed by atoms with van der Waals surface area (Å²) in [6.07, 6.45) is 1.00. The molecule has 1 aromatic carbocycles. The molecule has 1 aliphatic heterocycles. The first-order chi connectivity index (χ1) is 10.5. The zero-order chi connectivity index (χ0) is 16.1. The summed E-state index contributed by atoms with van der Waals surface area (Å²) in [5, 5.41) is 5.74. The zero-order valence-corrected chi connectivity index (χ0v) is 12.9. The third-order valence-electron chi connectivity index (χ3n) is 3.44. The smallest absolute Gasteiger partial charge is 0.328 e. The van der Waals surface area contributed by atoms with Crippen molar-refractivity contribution in [3.05, 3.63) is 34.9 Å². The number of methoxy groups -OCH3 is 1. The Morgan fingerprint density at radius 1 is 1.50 bits per heavy atom. The minimum absolute atomic E-state index is 0.162. The fraction of sp³-hybridized carbons (Fsp3) is 0.400. The molecule has 2 rings (SSSR count). The van der Waals surface area contributed by atoms with Crippen LogP contribution in [0.1, 0.15) is 18.4 Å². The Kier molecular flexibility index (Phi) is 5.38. The highest BCUT2D eigenvalue weighted by atomic mass is 35.5. The SMILES string of the molecule is COC(=O)[C@@H](Cc1cccc(Cl)c1)NC(=O)[C@@H]1CCC(=O)N1. The number of hydrogen-bond acceptors (Lipinski definition) is 4. The molecule has 0 aromatic heterocycles. The van der Waals surface area contributed by atoms with Gasteiger partial charge in [0.1, 0.15) is 12.1 Å². The second kappa shape index (κ2) is 7.26. The molecular weight excluding hydrogens is 308 g/mol. The number of ether oxygens (including phenoxy) is 1. The van der Waals surface area contributed by atoms with Crippen molar-refractivity contribution in [1.29, 1.82) is 0 Å². The summed E-state index contributed by atoms with van der Waals surface area (Å²) in [4.78, 5) is 35.1. The fourth-order valence-corrected chi connectivity index (χ4v) is 2.53. The van der Waals surface area contributed by atoms with E-state index in [2.05, 4.69) is 10.6 Å². The van der Waals surface area contributed by atoms with Gasteiger partial charge in [0.2, 0.25) is 11.8 Å². The van der Waals surface area contributed by atoms with Crippen molar-refractivity contribution < 1.29 is 19.1 Å². The van der Waals surface area contributed by atoms with E-state index in [1.54, 1.807) is 18.2 Å². The van der Waals surface area contributed by atoms with E-state index < -0.39 is 18.1 Å². The number of hydrogen-bond donors (Lipinski definition) is 2. The molecule has 1 heterocycles. The minimum Gasteiger partial charge on any atom is -0.467 e. The highest BCUT2D eigenvalue weighted by Gasteiger charge is 2.30. The molecule has 118 valence electrons. The van der Waals surface area contributed by atoms with Crippen LogP contribution in [0.3, 0.4) is 0 Å². The average Bonchev–Trinajstić information content (AvgIpc) is 2.92. The van der Waals surface area contributed by atoms with Crippen LogP contribution >= 0.6 is 11.6 Å². The number of esters is 1. The van der Waals surface area contributed by atoms with Crippen LogP contribution in [0.5, 0.6) is 0 Å². The van der Waals surface area contributed by atoms with E-state index in [0.29, 0.717) is 17.9 Å². The van der Waals surface area contributed by atoms with E-state index in [9.17, 15) is 14.4 Å². The summed E-state index contributed by atoms with van der Waals surface area (Å²) >= 11 is 5.92. The van der Waals surface area contributed by atoms with Gasteiger partial charge in [-0.15, -0.1) is 0 Å². The van der Waals surface area contributed by atoms with Crippen LogP contribution in [0.15, 0.2) is 24.3 Å². The molecule has 1 saturated heterocycles.